The van der Waals surface area contributed by atoms with Gasteiger partial charge in [0.25, 0.3) is 0 Å². The van der Waals surface area contributed by atoms with Crippen LogP contribution in [0.5, 0.6) is 0 Å². The molecule has 0 aliphatic rings. The van der Waals surface area contributed by atoms with E-state index in [1.54, 1.807) is 0 Å². The summed E-state index contributed by atoms with van der Waals surface area (Å²) in [5.74, 6) is 1.77. The van der Waals surface area contributed by atoms with Gasteiger partial charge >= 0.3 is 19.5 Å². The van der Waals surface area contributed by atoms with Crippen LogP contribution >= 0.6 is 0 Å². The van der Waals surface area contributed by atoms with Crippen LogP contribution in [0, 0.1) is 6.07 Å². The summed E-state index contributed by atoms with van der Waals surface area (Å²) in [5.41, 5.74) is 4.41. The number of benzene rings is 1. The third-order valence-corrected chi connectivity index (χ3v) is 2.88. The minimum absolute atomic E-state index is 0. The minimum atomic E-state index is 0. The van der Waals surface area contributed by atoms with E-state index in [0.29, 0.717) is 17.8 Å². The van der Waals surface area contributed by atoms with Crippen molar-refractivity contribution >= 4 is 0 Å². The SMILES string of the molecule is CC(C)c1[c-]ccc(C(C)C)c1C(C)C.[Ru+]. The van der Waals surface area contributed by atoms with Crippen LogP contribution in [0.3, 0.4) is 0 Å². The monoisotopic (exact) mass is 305 g/mol. The summed E-state index contributed by atoms with van der Waals surface area (Å²) < 4.78 is 0. The van der Waals surface area contributed by atoms with Crippen molar-refractivity contribution in [1.82, 2.24) is 0 Å². The molecule has 0 atom stereocenters. The van der Waals surface area contributed by atoms with Crippen molar-refractivity contribution in [2.24, 2.45) is 0 Å². The van der Waals surface area contributed by atoms with Crippen LogP contribution in [0.15, 0.2) is 12.1 Å². The van der Waals surface area contributed by atoms with Crippen molar-refractivity contribution in [1.29, 1.82) is 0 Å². The van der Waals surface area contributed by atoms with Crippen LogP contribution in [-0.4, -0.2) is 0 Å². The maximum absolute atomic E-state index is 3.41. The maximum Gasteiger partial charge on any atom is 1.00 e. The van der Waals surface area contributed by atoms with Gasteiger partial charge in [-0.05, 0) is 11.8 Å². The first-order valence-electron chi connectivity index (χ1n) is 5.99. The Hall–Kier alpha value is -0.157. The van der Waals surface area contributed by atoms with Gasteiger partial charge in [0.1, 0.15) is 0 Å². The average Bonchev–Trinajstić information content (AvgIpc) is 2.16. The van der Waals surface area contributed by atoms with Crippen molar-refractivity contribution in [3.05, 3.63) is 34.9 Å². The molecule has 0 aliphatic heterocycles. The van der Waals surface area contributed by atoms with E-state index >= 15 is 0 Å². The molecular formula is C15H23Ru. The van der Waals surface area contributed by atoms with Gasteiger partial charge in [0.2, 0.25) is 0 Å². The Bertz CT molecular complexity index is 298. The van der Waals surface area contributed by atoms with Crippen molar-refractivity contribution in [3.8, 4) is 0 Å². The summed E-state index contributed by atoms with van der Waals surface area (Å²) in [6.45, 7) is 13.6. The zero-order chi connectivity index (χ0) is 11.6. The largest absolute Gasteiger partial charge is 1.00 e. The van der Waals surface area contributed by atoms with Crippen LogP contribution in [0.4, 0.5) is 0 Å². The molecule has 0 amide bonds. The van der Waals surface area contributed by atoms with Gasteiger partial charge < -0.3 is 0 Å². The van der Waals surface area contributed by atoms with E-state index in [2.05, 4.69) is 59.7 Å². The fourth-order valence-electron chi connectivity index (χ4n) is 2.17. The second-order valence-electron chi connectivity index (χ2n) is 5.22. The van der Waals surface area contributed by atoms with Crippen LogP contribution in [0.2, 0.25) is 0 Å². The summed E-state index contributed by atoms with van der Waals surface area (Å²) in [7, 11) is 0. The second-order valence-corrected chi connectivity index (χ2v) is 5.22. The first-order valence-corrected chi connectivity index (χ1v) is 5.99. The molecule has 0 N–H and O–H groups in total. The molecule has 1 radical (unpaired) electrons. The van der Waals surface area contributed by atoms with E-state index in [0.717, 1.165) is 0 Å². The van der Waals surface area contributed by atoms with Gasteiger partial charge in [-0.15, -0.1) is 5.56 Å². The Morgan fingerprint density at radius 2 is 1.44 bits per heavy atom. The topological polar surface area (TPSA) is 0 Å². The molecule has 0 saturated heterocycles. The summed E-state index contributed by atoms with van der Waals surface area (Å²) in [5, 5.41) is 0. The van der Waals surface area contributed by atoms with Gasteiger partial charge in [-0.2, -0.15) is 29.3 Å². The van der Waals surface area contributed by atoms with E-state index in [1.807, 2.05) is 0 Å². The number of rotatable bonds is 3. The van der Waals surface area contributed by atoms with Crippen LogP contribution < -0.4 is 0 Å². The predicted molar refractivity (Wildman–Crippen MR) is 67.5 cm³/mol. The van der Waals surface area contributed by atoms with Crippen LogP contribution in [-0.2, 0) is 19.5 Å². The molecule has 0 saturated carbocycles. The molecule has 1 aromatic rings. The molecule has 0 nitrogen and oxygen atoms in total. The zero-order valence-electron chi connectivity index (χ0n) is 11.2. The molecule has 0 spiro atoms. The predicted octanol–water partition coefficient (Wildman–Crippen LogP) is 4.85. The second kappa shape index (κ2) is 6.55. The Labute approximate surface area is 114 Å². The van der Waals surface area contributed by atoms with Gasteiger partial charge in [0.15, 0.2) is 0 Å². The van der Waals surface area contributed by atoms with Crippen molar-refractivity contribution in [2.75, 3.05) is 0 Å². The molecule has 0 fully saturated rings. The molecular weight excluding hydrogens is 281 g/mol. The molecule has 0 bridgehead atoms. The summed E-state index contributed by atoms with van der Waals surface area (Å²) in [6.07, 6.45) is 0. The van der Waals surface area contributed by atoms with Crippen molar-refractivity contribution < 1.29 is 19.5 Å². The quantitative estimate of drug-likeness (QED) is 0.553. The fraction of sp³-hybridized carbons (Fsp3) is 0.600. The van der Waals surface area contributed by atoms with E-state index < -0.39 is 0 Å². The fourth-order valence-corrected chi connectivity index (χ4v) is 2.17. The molecule has 0 aliphatic carbocycles. The van der Waals surface area contributed by atoms with E-state index in [9.17, 15) is 0 Å². The summed E-state index contributed by atoms with van der Waals surface area (Å²) in [4.78, 5) is 0. The third kappa shape index (κ3) is 3.42. The molecule has 16 heavy (non-hydrogen) atoms. The minimum Gasteiger partial charge on any atom is -0.180 e. The molecule has 0 aromatic heterocycles. The molecule has 91 valence electrons. The third-order valence-electron chi connectivity index (χ3n) is 2.88. The van der Waals surface area contributed by atoms with Crippen LogP contribution in [0.1, 0.15) is 76.0 Å². The van der Waals surface area contributed by atoms with Gasteiger partial charge in [-0.1, -0.05) is 47.5 Å². The Morgan fingerprint density at radius 1 is 0.875 bits per heavy atom. The Balaban J connectivity index is 0.00000225. The maximum atomic E-state index is 3.41. The number of hydrogen-bond acceptors (Lipinski definition) is 0. The van der Waals surface area contributed by atoms with Gasteiger partial charge in [-0.25, -0.2) is 0 Å². The van der Waals surface area contributed by atoms with Gasteiger partial charge in [0.05, 0.1) is 0 Å². The Morgan fingerprint density at radius 3 is 1.81 bits per heavy atom. The first kappa shape index (κ1) is 15.8. The van der Waals surface area contributed by atoms with Gasteiger partial charge in [0, 0.05) is 0 Å². The number of hydrogen-bond donors (Lipinski definition) is 0. The molecule has 1 rings (SSSR count). The van der Waals surface area contributed by atoms with Crippen molar-refractivity contribution in [3.63, 3.8) is 0 Å². The summed E-state index contributed by atoms with van der Waals surface area (Å²) >= 11 is 0. The average molecular weight is 304 g/mol. The van der Waals surface area contributed by atoms with E-state index in [4.69, 9.17) is 0 Å². The molecule has 0 heterocycles. The van der Waals surface area contributed by atoms with Crippen LogP contribution in [0.25, 0.3) is 0 Å². The normalized spacial score (nSPS) is 11.1. The molecule has 1 heteroatoms. The van der Waals surface area contributed by atoms with Gasteiger partial charge in [-0.3, -0.25) is 0 Å². The summed E-state index contributed by atoms with van der Waals surface area (Å²) in [6, 6.07) is 7.72. The smallest absolute Gasteiger partial charge is 0.180 e. The first-order chi connectivity index (χ1) is 6.95. The zero-order valence-corrected chi connectivity index (χ0v) is 13.0. The van der Waals surface area contributed by atoms with E-state index in [1.165, 1.54) is 16.7 Å². The molecule has 1 aromatic carbocycles. The molecule has 0 unspecified atom stereocenters. The standard InChI is InChI=1S/C15H23.Ru/c1-10(2)13-8-7-9-14(11(3)4)15(13)12(5)6;/h7-8,10-12H,1-6H3;/q-1;+1. The Kier molecular flexibility index (Phi) is 6.48. The van der Waals surface area contributed by atoms with Crippen molar-refractivity contribution in [2.45, 2.75) is 59.3 Å². The van der Waals surface area contributed by atoms with E-state index in [-0.39, 0.29) is 19.5 Å².